The Labute approximate surface area is 175 Å². The van der Waals surface area contributed by atoms with Gasteiger partial charge in [-0.25, -0.2) is 12.8 Å². The van der Waals surface area contributed by atoms with Crippen molar-refractivity contribution in [2.45, 2.75) is 38.7 Å². The first kappa shape index (κ1) is 23.1. The summed E-state index contributed by atoms with van der Waals surface area (Å²) < 4.78 is 46.3. The minimum absolute atomic E-state index is 0.0717. The molecule has 0 aliphatic heterocycles. The number of carbonyl (C=O) groups excluding carboxylic acids is 1. The van der Waals surface area contributed by atoms with Crippen LogP contribution >= 0.6 is 11.6 Å². The molecule has 0 saturated carbocycles. The number of carbonyl (C=O) groups is 1. The Morgan fingerprint density at radius 1 is 1.17 bits per heavy atom. The summed E-state index contributed by atoms with van der Waals surface area (Å²) in [5.41, 5.74) is -0.0515. The number of benzene rings is 2. The lowest BCUT2D eigenvalue weighted by Crippen LogP contribution is -2.31. The summed E-state index contributed by atoms with van der Waals surface area (Å²) in [5.74, 6) is -1.15. The maximum Gasteiger partial charge on any atom is 0.258 e. The van der Waals surface area contributed by atoms with E-state index in [9.17, 15) is 17.6 Å². The minimum Gasteiger partial charge on any atom is -0.489 e. The van der Waals surface area contributed by atoms with Gasteiger partial charge in [0.2, 0.25) is 10.0 Å². The summed E-state index contributed by atoms with van der Waals surface area (Å²) in [7, 11) is -3.82. The van der Waals surface area contributed by atoms with Gasteiger partial charge in [0.05, 0.1) is 21.6 Å². The van der Waals surface area contributed by atoms with Crippen molar-refractivity contribution >= 4 is 33.2 Å². The smallest absolute Gasteiger partial charge is 0.258 e. The lowest BCUT2D eigenvalue weighted by Gasteiger charge is -2.19. The van der Waals surface area contributed by atoms with Crippen molar-refractivity contribution in [3.63, 3.8) is 0 Å². The molecule has 0 unspecified atom stereocenters. The summed E-state index contributed by atoms with van der Waals surface area (Å²) >= 11 is 6.15. The number of amides is 1. The molecule has 2 aromatic rings. The van der Waals surface area contributed by atoms with Crippen molar-refractivity contribution in [3.05, 3.63) is 52.8 Å². The Morgan fingerprint density at radius 3 is 2.38 bits per heavy atom. The highest BCUT2D eigenvalue weighted by Crippen LogP contribution is 2.29. The van der Waals surface area contributed by atoms with Gasteiger partial charge in [-0.05, 0) is 50.2 Å². The van der Waals surface area contributed by atoms with Gasteiger partial charge < -0.3 is 10.1 Å². The third-order valence-corrected chi connectivity index (χ3v) is 6.42. The van der Waals surface area contributed by atoms with Gasteiger partial charge in [0, 0.05) is 18.8 Å². The summed E-state index contributed by atoms with van der Waals surface area (Å²) in [6.45, 7) is 7.65. The van der Waals surface area contributed by atoms with Crippen LogP contribution in [0, 0.1) is 5.82 Å². The van der Waals surface area contributed by atoms with Crippen molar-refractivity contribution in [2.24, 2.45) is 0 Å². The van der Waals surface area contributed by atoms with E-state index in [2.05, 4.69) is 5.32 Å². The number of nitrogens with one attached hydrogen (secondary N) is 1. The lowest BCUT2D eigenvalue weighted by atomic mass is 10.2. The number of rotatable bonds is 8. The Morgan fingerprint density at radius 2 is 1.83 bits per heavy atom. The predicted molar refractivity (Wildman–Crippen MR) is 112 cm³/mol. The highest BCUT2D eigenvalue weighted by atomic mass is 35.5. The van der Waals surface area contributed by atoms with E-state index in [1.54, 1.807) is 26.0 Å². The molecule has 6 nitrogen and oxygen atoms in total. The Bertz CT molecular complexity index is 992. The molecule has 1 amide bonds. The van der Waals surface area contributed by atoms with Crippen LogP contribution in [-0.2, 0) is 10.0 Å². The molecule has 0 radical (unpaired) electrons. The first-order valence-corrected chi connectivity index (χ1v) is 11.0. The van der Waals surface area contributed by atoms with E-state index >= 15 is 0 Å². The van der Waals surface area contributed by atoms with Crippen LogP contribution in [0.15, 0.2) is 41.3 Å². The molecule has 2 aromatic carbocycles. The van der Waals surface area contributed by atoms with Crippen molar-refractivity contribution in [2.75, 3.05) is 18.4 Å². The zero-order chi connectivity index (χ0) is 21.8. The van der Waals surface area contributed by atoms with E-state index in [0.717, 1.165) is 18.2 Å². The summed E-state index contributed by atoms with van der Waals surface area (Å²) in [5, 5.41) is 2.82. The Hall–Kier alpha value is -2.16. The highest BCUT2D eigenvalue weighted by molar-refractivity contribution is 7.89. The van der Waals surface area contributed by atoms with Gasteiger partial charge in [-0.3, -0.25) is 4.79 Å². The number of sulfonamides is 1. The number of halogens is 2. The molecule has 0 spiro atoms. The van der Waals surface area contributed by atoms with E-state index in [0.29, 0.717) is 11.4 Å². The summed E-state index contributed by atoms with van der Waals surface area (Å²) in [6.07, 6.45) is -0.0717. The molecule has 0 aromatic heterocycles. The van der Waals surface area contributed by atoms with Gasteiger partial charge >= 0.3 is 0 Å². The maximum absolute atomic E-state index is 14.2. The Balaban J connectivity index is 2.31. The van der Waals surface area contributed by atoms with Gasteiger partial charge in [0.25, 0.3) is 5.91 Å². The number of anilines is 1. The molecule has 0 heterocycles. The fourth-order valence-electron chi connectivity index (χ4n) is 2.68. The highest BCUT2D eigenvalue weighted by Gasteiger charge is 2.24. The average Bonchev–Trinajstić information content (AvgIpc) is 2.64. The molecular weight excluding hydrogens is 419 g/mol. The number of hydrogen-bond donors (Lipinski definition) is 1. The van der Waals surface area contributed by atoms with Crippen LogP contribution in [-0.4, -0.2) is 37.8 Å². The van der Waals surface area contributed by atoms with Gasteiger partial charge in [-0.2, -0.15) is 4.31 Å². The third kappa shape index (κ3) is 5.46. The second kappa shape index (κ2) is 9.56. The summed E-state index contributed by atoms with van der Waals surface area (Å²) in [6, 6.07) is 7.79. The summed E-state index contributed by atoms with van der Waals surface area (Å²) in [4.78, 5) is 12.4. The molecule has 0 aliphatic carbocycles. The van der Waals surface area contributed by atoms with Crippen molar-refractivity contribution in [1.29, 1.82) is 0 Å². The molecule has 0 aliphatic rings. The van der Waals surface area contributed by atoms with E-state index in [4.69, 9.17) is 16.3 Å². The van der Waals surface area contributed by atoms with Gasteiger partial charge in [0.15, 0.2) is 0 Å². The third-order valence-electron chi connectivity index (χ3n) is 4.08. The monoisotopic (exact) mass is 442 g/mol. The number of ether oxygens (including phenoxy) is 1. The van der Waals surface area contributed by atoms with Crippen molar-refractivity contribution in [3.8, 4) is 5.75 Å². The molecule has 9 heteroatoms. The van der Waals surface area contributed by atoms with Crippen LogP contribution in [0.2, 0.25) is 5.02 Å². The van der Waals surface area contributed by atoms with Crippen LogP contribution < -0.4 is 10.1 Å². The minimum atomic E-state index is -3.82. The second-order valence-corrected chi connectivity index (χ2v) is 8.84. The van der Waals surface area contributed by atoms with Crippen LogP contribution in [0.25, 0.3) is 0 Å². The first-order chi connectivity index (χ1) is 13.6. The quantitative estimate of drug-likeness (QED) is 0.650. The second-order valence-electron chi connectivity index (χ2n) is 6.50. The van der Waals surface area contributed by atoms with Crippen molar-refractivity contribution < 1.29 is 22.3 Å². The van der Waals surface area contributed by atoms with E-state index < -0.39 is 21.7 Å². The fourth-order valence-corrected chi connectivity index (χ4v) is 4.39. The van der Waals surface area contributed by atoms with E-state index in [1.165, 1.54) is 10.4 Å². The van der Waals surface area contributed by atoms with Gasteiger partial charge in [0.1, 0.15) is 11.6 Å². The van der Waals surface area contributed by atoms with Crippen molar-refractivity contribution in [1.82, 2.24) is 4.31 Å². The van der Waals surface area contributed by atoms with Crippen LogP contribution in [0.3, 0.4) is 0 Å². The predicted octanol–water partition coefficient (Wildman–Crippen LogP) is 4.55. The normalized spacial score (nSPS) is 11.7. The molecule has 0 atom stereocenters. The Kier molecular flexibility index (Phi) is 7.62. The van der Waals surface area contributed by atoms with E-state index in [1.807, 2.05) is 13.8 Å². The molecule has 0 bridgehead atoms. The zero-order valence-corrected chi connectivity index (χ0v) is 18.3. The topological polar surface area (TPSA) is 75.7 Å². The molecular formula is C20H24ClFN2O4S. The molecule has 29 heavy (non-hydrogen) atoms. The average molecular weight is 443 g/mol. The maximum atomic E-state index is 14.2. The largest absolute Gasteiger partial charge is 0.489 e. The number of hydrogen-bond acceptors (Lipinski definition) is 4. The zero-order valence-electron chi connectivity index (χ0n) is 16.7. The van der Waals surface area contributed by atoms with Crippen LogP contribution in [0.4, 0.5) is 10.1 Å². The van der Waals surface area contributed by atoms with Crippen LogP contribution in [0.1, 0.15) is 38.1 Å². The fraction of sp³-hybridized carbons (Fsp3) is 0.350. The van der Waals surface area contributed by atoms with Gasteiger partial charge in [-0.1, -0.05) is 25.4 Å². The molecule has 1 N–H and O–H groups in total. The SMILES string of the molecule is CCN(CC)S(=O)(=O)c1ccc(F)c(C(=O)Nc2ccc(OC(C)C)c(Cl)c2)c1. The molecule has 0 fully saturated rings. The van der Waals surface area contributed by atoms with Gasteiger partial charge in [-0.15, -0.1) is 0 Å². The standard InChI is InChI=1S/C20H24ClFN2O4S/c1-5-24(6-2)29(26,27)15-8-9-18(22)16(12-15)20(25)23-14-7-10-19(17(21)11-14)28-13(3)4/h7-13H,5-6H2,1-4H3,(H,23,25). The first-order valence-electron chi connectivity index (χ1n) is 9.17. The molecule has 0 saturated heterocycles. The molecule has 158 valence electrons. The van der Waals surface area contributed by atoms with Crippen LogP contribution in [0.5, 0.6) is 5.75 Å². The van der Waals surface area contributed by atoms with E-state index in [-0.39, 0.29) is 34.7 Å². The lowest BCUT2D eigenvalue weighted by molar-refractivity contribution is 0.102. The number of nitrogens with zero attached hydrogens (tertiary/aromatic N) is 1. The molecule has 2 rings (SSSR count).